The van der Waals surface area contributed by atoms with Crippen molar-refractivity contribution in [3.05, 3.63) is 35.4 Å². The van der Waals surface area contributed by atoms with E-state index in [1.807, 2.05) is 12.1 Å². The molecule has 7 heteroatoms. The minimum atomic E-state index is -3.26. The quantitative estimate of drug-likeness (QED) is 0.780. The van der Waals surface area contributed by atoms with E-state index in [1.165, 1.54) is 7.05 Å². The first-order chi connectivity index (χ1) is 10.5. The third kappa shape index (κ3) is 5.40. The Morgan fingerprint density at radius 1 is 1.27 bits per heavy atom. The van der Waals surface area contributed by atoms with Crippen LogP contribution in [0.1, 0.15) is 30.4 Å². The Balaban J connectivity index is 1.79. The van der Waals surface area contributed by atoms with Crippen LogP contribution < -0.4 is 10.0 Å². The fourth-order valence-corrected chi connectivity index (χ4v) is 3.11. The van der Waals surface area contributed by atoms with E-state index >= 15 is 0 Å². The molecular weight excluding hydrogens is 304 g/mol. The van der Waals surface area contributed by atoms with Crippen LogP contribution in [0.2, 0.25) is 0 Å². The minimum Gasteiger partial charge on any atom is -0.378 e. The molecule has 0 aromatic heterocycles. The van der Waals surface area contributed by atoms with Crippen LogP contribution in [0.4, 0.5) is 0 Å². The molecule has 0 bridgehead atoms. The molecule has 122 valence electrons. The molecule has 1 saturated heterocycles. The van der Waals surface area contributed by atoms with Gasteiger partial charge in [0.1, 0.15) is 0 Å². The van der Waals surface area contributed by atoms with Gasteiger partial charge in [-0.1, -0.05) is 24.3 Å². The number of amides is 1. The molecule has 22 heavy (non-hydrogen) atoms. The van der Waals surface area contributed by atoms with E-state index in [4.69, 9.17) is 4.74 Å². The lowest BCUT2D eigenvalue weighted by molar-refractivity contribution is -0.123. The van der Waals surface area contributed by atoms with Gasteiger partial charge >= 0.3 is 0 Å². The van der Waals surface area contributed by atoms with Crippen LogP contribution in [0, 0.1) is 0 Å². The van der Waals surface area contributed by atoms with Crippen molar-refractivity contribution in [3.8, 4) is 0 Å². The van der Waals surface area contributed by atoms with E-state index in [0.29, 0.717) is 18.5 Å². The molecule has 1 aliphatic rings. The molecule has 0 aliphatic carbocycles. The summed E-state index contributed by atoms with van der Waals surface area (Å²) in [7, 11) is -1.86. The van der Waals surface area contributed by atoms with Gasteiger partial charge in [-0.15, -0.1) is 0 Å². The van der Waals surface area contributed by atoms with E-state index in [1.54, 1.807) is 12.1 Å². The average molecular weight is 326 g/mol. The van der Waals surface area contributed by atoms with Gasteiger partial charge < -0.3 is 10.1 Å². The third-order valence-electron chi connectivity index (χ3n) is 3.62. The molecule has 6 nitrogen and oxygen atoms in total. The SMILES string of the molecule is CNS(=O)(=O)Cc1ccc(CNC(=O)CC2CCCO2)cc1. The van der Waals surface area contributed by atoms with Crippen LogP contribution in [0.3, 0.4) is 0 Å². The lowest BCUT2D eigenvalue weighted by Crippen LogP contribution is -2.26. The van der Waals surface area contributed by atoms with Crippen molar-refractivity contribution in [2.75, 3.05) is 13.7 Å². The van der Waals surface area contributed by atoms with Crippen LogP contribution in [-0.4, -0.2) is 34.1 Å². The first kappa shape index (κ1) is 16.9. The van der Waals surface area contributed by atoms with Crippen molar-refractivity contribution < 1.29 is 17.9 Å². The first-order valence-corrected chi connectivity index (χ1v) is 9.01. The van der Waals surface area contributed by atoms with Crippen LogP contribution in [0.25, 0.3) is 0 Å². The van der Waals surface area contributed by atoms with E-state index in [9.17, 15) is 13.2 Å². The molecule has 2 N–H and O–H groups in total. The normalized spacial score (nSPS) is 18.3. The maximum atomic E-state index is 11.8. The van der Waals surface area contributed by atoms with E-state index < -0.39 is 10.0 Å². The average Bonchev–Trinajstić information content (AvgIpc) is 2.99. The maximum absolute atomic E-state index is 11.8. The van der Waals surface area contributed by atoms with Crippen LogP contribution in [-0.2, 0) is 31.9 Å². The fraction of sp³-hybridized carbons (Fsp3) is 0.533. The largest absolute Gasteiger partial charge is 0.378 e. The summed E-state index contributed by atoms with van der Waals surface area (Å²) < 4.78 is 30.6. The van der Waals surface area contributed by atoms with Crippen molar-refractivity contribution in [3.63, 3.8) is 0 Å². The Morgan fingerprint density at radius 3 is 2.55 bits per heavy atom. The lowest BCUT2D eigenvalue weighted by atomic mass is 10.1. The van der Waals surface area contributed by atoms with Crippen LogP contribution >= 0.6 is 0 Å². The molecule has 1 aliphatic heterocycles. The molecule has 0 radical (unpaired) electrons. The number of rotatable bonds is 7. The molecule has 1 unspecified atom stereocenters. The van der Waals surface area contributed by atoms with Gasteiger partial charge in [-0.25, -0.2) is 13.1 Å². The van der Waals surface area contributed by atoms with Crippen molar-refractivity contribution in [2.24, 2.45) is 0 Å². The summed E-state index contributed by atoms with van der Waals surface area (Å²) in [5.41, 5.74) is 1.65. The Bertz CT molecular complexity index is 592. The van der Waals surface area contributed by atoms with Crippen LogP contribution in [0.15, 0.2) is 24.3 Å². The Morgan fingerprint density at radius 2 is 1.95 bits per heavy atom. The van der Waals surface area contributed by atoms with Crippen molar-refractivity contribution >= 4 is 15.9 Å². The molecular formula is C15H22N2O4S. The number of sulfonamides is 1. The zero-order valence-corrected chi connectivity index (χ0v) is 13.5. The summed E-state index contributed by atoms with van der Waals surface area (Å²) in [5.74, 6) is -0.0662. The van der Waals surface area contributed by atoms with Gasteiger partial charge in [0.2, 0.25) is 15.9 Å². The molecule has 1 fully saturated rings. The highest BCUT2D eigenvalue weighted by Gasteiger charge is 2.18. The summed E-state index contributed by atoms with van der Waals surface area (Å²) in [6.07, 6.45) is 2.42. The highest BCUT2D eigenvalue weighted by atomic mass is 32.2. The highest BCUT2D eigenvalue weighted by Crippen LogP contribution is 2.15. The van der Waals surface area contributed by atoms with E-state index in [0.717, 1.165) is 25.0 Å². The van der Waals surface area contributed by atoms with Gasteiger partial charge in [-0.2, -0.15) is 0 Å². The van der Waals surface area contributed by atoms with Gasteiger partial charge in [0.05, 0.1) is 18.3 Å². The molecule has 0 spiro atoms. The van der Waals surface area contributed by atoms with Crippen LogP contribution in [0.5, 0.6) is 0 Å². The van der Waals surface area contributed by atoms with Gasteiger partial charge in [0.25, 0.3) is 0 Å². The molecule has 1 atom stereocenters. The zero-order chi connectivity index (χ0) is 16.0. The van der Waals surface area contributed by atoms with E-state index in [2.05, 4.69) is 10.0 Å². The van der Waals surface area contributed by atoms with Crippen molar-refractivity contribution in [1.29, 1.82) is 0 Å². The predicted octanol–water partition coefficient (Wildman–Crippen LogP) is 0.921. The number of hydrogen-bond acceptors (Lipinski definition) is 4. The molecule has 0 saturated carbocycles. The zero-order valence-electron chi connectivity index (χ0n) is 12.7. The first-order valence-electron chi connectivity index (χ1n) is 7.36. The smallest absolute Gasteiger partial charge is 0.222 e. The summed E-state index contributed by atoms with van der Waals surface area (Å²) in [6, 6.07) is 7.17. The third-order valence-corrected chi connectivity index (χ3v) is 4.95. The second kappa shape index (κ2) is 7.71. The summed E-state index contributed by atoms with van der Waals surface area (Å²) in [5, 5.41) is 2.86. The fourth-order valence-electron chi connectivity index (χ4n) is 2.33. The second-order valence-electron chi connectivity index (χ2n) is 5.40. The van der Waals surface area contributed by atoms with Gasteiger partial charge in [-0.3, -0.25) is 4.79 Å². The summed E-state index contributed by atoms with van der Waals surface area (Å²) in [4.78, 5) is 11.8. The van der Waals surface area contributed by atoms with Crippen molar-refractivity contribution in [1.82, 2.24) is 10.0 Å². The minimum absolute atomic E-state index is 0.0197. The van der Waals surface area contributed by atoms with Gasteiger partial charge in [-0.05, 0) is 31.0 Å². The molecule has 1 aromatic rings. The standard InChI is InChI=1S/C15H22N2O4S/c1-16-22(19,20)11-13-6-4-12(5-7-13)10-17-15(18)9-14-3-2-8-21-14/h4-7,14,16H,2-3,8-11H2,1H3,(H,17,18). The van der Waals surface area contributed by atoms with Gasteiger partial charge in [0, 0.05) is 13.2 Å². The topological polar surface area (TPSA) is 84.5 Å². The Hall–Kier alpha value is -1.44. The molecule has 1 aromatic carbocycles. The molecule has 1 heterocycles. The Labute approximate surface area is 131 Å². The summed E-state index contributed by atoms with van der Waals surface area (Å²) >= 11 is 0. The van der Waals surface area contributed by atoms with E-state index in [-0.39, 0.29) is 17.8 Å². The number of hydrogen-bond donors (Lipinski definition) is 2. The summed E-state index contributed by atoms with van der Waals surface area (Å²) in [6.45, 7) is 1.18. The second-order valence-corrected chi connectivity index (χ2v) is 7.32. The Kier molecular flexibility index (Phi) is 5.93. The lowest BCUT2D eigenvalue weighted by Gasteiger charge is -2.10. The monoisotopic (exact) mass is 326 g/mol. The van der Waals surface area contributed by atoms with Crippen molar-refractivity contribution in [2.45, 2.75) is 37.7 Å². The van der Waals surface area contributed by atoms with Gasteiger partial charge in [0.15, 0.2) is 0 Å². The maximum Gasteiger partial charge on any atom is 0.222 e. The number of carbonyl (C=O) groups is 1. The molecule has 1 amide bonds. The number of benzene rings is 1. The molecule has 2 rings (SSSR count). The number of carbonyl (C=O) groups excluding carboxylic acids is 1. The number of ether oxygens (including phenoxy) is 1. The number of nitrogens with one attached hydrogen (secondary N) is 2. The highest BCUT2D eigenvalue weighted by molar-refractivity contribution is 7.88. The predicted molar refractivity (Wildman–Crippen MR) is 83.6 cm³/mol.